The molecular formula is C20H25N3O3S. The molecule has 1 aromatic carbocycles. The van der Waals surface area contributed by atoms with Gasteiger partial charge in [0.1, 0.15) is 9.84 Å². The molecule has 0 N–H and O–H groups in total. The van der Waals surface area contributed by atoms with Crippen molar-refractivity contribution >= 4 is 32.3 Å². The zero-order chi connectivity index (χ0) is 19.0. The van der Waals surface area contributed by atoms with E-state index in [9.17, 15) is 13.2 Å². The van der Waals surface area contributed by atoms with Gasteiger partial charge in [0.15, 0.2) is 0 Å². The van der Waals surface area contributed by atoms with Crippen molar-refractivity contribution in [2.24, 2.45) is 5.92 Å². The van der Waals surface area contributed by atoms with Crippen LogP contribution in [0.4, 0.5) is 5.69 Å². The van der Waals surface area contributed by atoms with Gasteiger partial charge >= 0.3 is 0 Å². The predicted molar refractivity (Wildman–Crippen MR) is 107 cm³/mol. The fraction of sp³-hybridized carbons (Fsp3) is 0.500. The Bertz CT molecular complexity index is 947. The molecule has 27 heavy (non-hydrogen) atoms. The molecule has 2 aliphatic heterocycles. The topological polar surface area (TPSA) is 70.6 Å². The van der Waals surface area contributed by atoms with Gasteiger partial charge in [0.05, 0.1) is 11.3 Å². The van der Waals surface area contributed by atoms with Crippen molar-refractivity contribution < 1.29 is 13.2 Å². The van der Waals surface area contributed by atoms with Gasteiger partial charge in [0, 0.05) is 55.6 Å². The molecule has 7 heteroatoms. The second-order valence-electron chi connectivity index (χ2n) is 7.77. The molecule has 6 nitrogen and oxygen atoms in total. The Morgan fingerprint density at radius 2 is 1.89 bits per heavy atom. The minimum Gasteiger partial charge on any atom is -0.371 e. The van der Waals surface area contributed by atoms with Gasteiger partial charge in [-0.3, -0.25) is 9.78 Å². The van der Waals surface area contributed by atoms with Crippen molar-refractivity contribution in [3.63, 3.8) is 0 Å². The number of likely N-dealkylation sites (tertiary alicyclic amines) is 1. The van der Waals surface area contributed by atoms with Gasteiger partial charge in [-0.1, -0.05) is 18.2 Å². The Labute approximate surface area is 160 Å². The molecule has 1 unspecified atom stereocenters. The number of carbonyl (C=O) groups excluding carboxylic acids is 1. The van der Waals surface area contributed by atoms with E-state index in [1.807, 2.05) is 29.3 Å². The Morgan fingerprint density at radius 3 is 2.63 bits per heavy atom. The summed E-state index contributed by atoms with van der Waals surface area (Å²) >= 11 is 0. The number of anilines is 1. The lowest BCUT2D eigenvalue weighted by Gasteiger charge is -2.38. The van der Waals surface area contributed by atoms with Crippen molar-refractivity contribution in [2.75, 3.05) is 36.5 Å². The van der Waals surface area contributed by atoms with Crippen molar-refractivity contribution in [3.05, 3.63) is 36.5 Å². The van der Waals surface area contributed by atoms with Crippen molar-refractivity contribution in [1.82, 2.24) is 9.88 Å². The fourth-order valence-electron chi connectivity index (χ4n) is 4.48. The number of para-hydroxylation sites is 1. The predicted octanol–water partition coefficient (Wildman–Crippen LogP) is 2.10. The molecular weight excluding hydrogens is 362 g/mol. The van der Waals surface area contributed by atoms with E-state index in [4.69, 9.17) is 0 Å². The number of hydrogen-bond acceptors (Lipinski definition) is 5. The van der Waals surface area contributed by atoms with Crippen LogP contribution in [-0.4, -0.2) is 61.9 Å². The first kappa shape index (κ1) is 18.2. The zero-order valence-corrected chi connectivity index (χ0v) is 16.4. The number of nitrogens with zero attached hydrogens (tertiary/aromatic N) is 3. The molecule has 0 radical (unpaired) electrons. The third kappa shape index (κ3) is 3.93. The van der Waals surface area contributed by atoms with Crippen LogP contribution in [0.2, 0.25) is 0 Å². The van der Waals surface area contributed by atoms with Gasteiger partial charge in [0.2, 0.25) is 5.91 Å². The van der Waals surface area contributed by atoms with Crippen LogP contribution in [-0.2, 0) is 14.6 Å². The first-order valence-electron chi connectivity index (χ1n) is 9.46. The maximum absolute atomic E-state index is 12.4. The molecule has 1 aromatic heterocycles. The molecule has 0 saturated carbocycles. The average Bonchev–Trinajstić information content (AvgIpc) is 2.99. The Hall–Kier alpha value is -2.15. The van der Waals surface area contributed by atoms with Gasteiger partial charge in [-0.05, 0) is 30.9 Å². The smallest absolute Gasteiger partial charge is 0.223 e. The zero-order valence-electron chi connectivity index (χ0n) is 15.5. The highest BCUT2D eigenvalue weighted by molar-refractivity contribution is 7.90. The molecule has 0 bridgehead atoms. The molecule has 3 heterocycles. The number of pyridine rings is 1. The molecule has 1 amide bonds. The molecule has 4 rings (SSSR count). The molecule has 2 aliphatic rings. The number of amides is 1. The van der Waals surface area contributed by atoms with E-state index in [-0.39, 0.29) is 23.6 Å². The van der Waals surface area contributed by atoms with E-state index < -0.39 is 9.84 Å². The monoisotopic (exact) mass is 387 g/mol. The maximum Gasteiger partial charge on any atom is 0.223 e. The van der Waals surface area contributed by atoms with E-state index in [1.165, 1.54) is 11.9 Å². The van der Waals surface area contributed by atoms with E-state index in [2.05, 4.69) is 22.0 Å². The van der Waals surface area contributed by atoms with E-state index in [0.29, 0.717) is 13.0 Å². The van der Waals surface area contributed by atoms with E-state index in [1.54, 1.807) is 0 Å². The molecule has 2 saturated heterocycles. The number of rotatable bonds is 4. The Balaban J connectivity index is 1.42. The summed E-state index contributed by atoms with van der Waals surface area (Å²) in [6, 6.07) is 10.4. The number of hydrogen-bond donors (Lipinski definition) is 0. The van der Waals surface area contributed by atoms with Gasteiger partial charge < -0.3 is 9.80 Å². The van der Waals surface area contributed by atoms with Crippen LogP contribution in [0.3, 0.4) is 0 Å². The maximum atomic E-state index is 12.4. The lowest BCUT2D eigenvalue weighted by atomic mass is 10.0. The van der Waals surface area contributed by atoms with Gasteiger partial charge in [-0.2, -0.15) is 0 Å². The van der Waals surface area contributed by atoms with Crippen LogP contribution in [0, 0.1) is 5.92 Å². The van der Waals surface area contributed by atoms with Crippen LogP contribution in [0.25, 0.3) is 10.9 Å². The fourth-order valence-corrected chi connectivity index (χ4v) is 5.56. The number of sulfone groups is 1. The van der Waals surface area contributed by atoms with Crippen LogP contribution in [0.5, 0.6) is 0 Å². The summed E-state index contributed by atoms with van der Waals surface area (Å²) in [6.07, 6.45) is 5.28. The second-order valence-corrected chi connectivity index (χ2v) is 9.96. The second kappa shape index (κ2) is 7.11. The SMILES string of the molecule is CS(=O)(=O)CC1CC(=O)N(C2CCN(c3ccnc4ccccc34)CC2)C1. The number of fused-ring (bicyclic) bond motifs is 1. The molecule has 144 valence electrons. The van der Waals surface area contributed by atoms with E-state index >= 15 is 0 Å². The van der Waals surface area contributed by atoms with Crippen molar-refractivity contribution in [2.45, 2.75) is 25.3 Å². The minimum atomic E-state index is -3.04. The number of benzene rings is 1. The van der Waals surface area contributed by atoms with Gasteiger partial charge in [-0.15, -0.1) is 0 Å². The minimum absolute atomic E-state index is 0.0605. The number of aromatic nitrogens is 1. The van der Waals surface area contributed by atoms with Crippen molar-refractivity contribution in [1.29, 1.82) is 0 Å². The van der Waals surface area contributed by atoms with Crippen LogP contribution in [0.15, 0.2) is 36.5 Å². The molecule has 2 aromatic rings. The summed E-state index contributed by atoms with van der Waals surface area (Å²) in [7, 11) is -3.04. The van der Waals surface area contributed by atoms with Crippen LogP contribution >= 0.6 is 0 Å². The van der Waals surface area contributed by atoms with Crippen LogP contribution in [0.1, 0.15) is 19.3 Å². The summed E-state index contributed by atoms with van der Waals surface area (Å²) in [5.74, 6) is 0.156. The first-order valence-corrected chi connectivity index (χ1v) is 11.5. The largest absolute Gasteiger partial charge is 0.371 e. The normalized spacial score (nSPS) is 22.0. The van der Waals surface area contributed by atoms with Crippen molar-refractivity contribution in [3.8, 4) is 0 Å². The summed E-state index contributed by atoms with van der Waals surface area (Å²) in [5.41, 5.74) is 2.19. The van der Waals surface area contributed by atoms with E-state index in [0.717, 1.165) is 36.8 Å². The summed E-state index contributed by atoms with van der Waals surface area (Å²) in [6.45, 7) is 2.35. The lowest BCUT2D eigenvalue weighted by molar-refractivity contribution is -0.130. The highest BCUT2D eigenvalue weighted by Gasteiger charge is 2.37. The highest BCUT2D eigenvalue weighted by Crippen LogP contribution is 2.31. The average molecular weight is 388 g/mol. The molecule has 1 atom stereocenters. The Kier molecular flexibility index (Phi) is 4.80. The van der Waals surface area contributed by atoms with Crippen LogP contribution < -0.4 is 4.90 Å². The lowest BCUT2D eigenvalue weighted by Crippen LogP contribution is -2.45. The third-order valence-corrected chi connectivity index (χ3v) is 6.73. The summed E-state index contributed by atoms with van der Waals surface area (Å²) in [5, 5.41) is 1.16. The Morgan fingerprint density at radius 1 is 1.15 bits per heavy atom. The quantitative estimate of drug-likeness (QED) is 0.803. The first-order chi connectivity index (χ1) is 12.9. The molecule has 0 aliphatic carbocycles. The van der Waals surface area contributed by atoms with Gasteiger partial charge in [-0.25, -0.2) is 8.42 Å². The molecule has 0 spiro atoms. The molecule has 2 fully saturated rings. The summed E-state index contributed by atoms with van der Waals surface area (Å²) in [4.78, 5) is 21.1. The summed E-state index contributed by atoms with van der Waals surface area (Å²) < 4.78 is 23.1. The highest BCUT2D eigenvalue weighted by atomic mass is 32.2. The number of piperidine rings is 1. The number of carbonyl (C=O) groups is 1. The standard InChI is InChI=1S/C20H25N3O3S/c1-27(25,26)14-15-12-20(24)23(13-15)16-7-10-22(11-8-16)19-6-9-21-18-5-3-2-4-17(18)19/h2-6,9,15-16H,7-8,10-14H2,1H3. The third-order valence-electron chi connectivity index (χ3n) is 5.65. The van der Waals surface area contributed by atoms with Gasteiger partial charge in [0.25, 0.3) is 0 Å².